The Kier molecular flexibility index (Phi) is 4.55. The third kappa shape index (κ3) is 3.82. The van der Waals surface area contributed by atoms with Gasteiger partial charge < -0.3 is 5.32 Å². The fourth-order valence-corrected chi connectivity index (χ4v) is 3.51. The lowest BCUT2D eigenvalue weighted by Gasteiger charge is -2.22. The summed E-state index contributed by atoms with van der Waals surface area (Å²) in [5.41, 5.74) is 1.50. The second-order valence-corrected chi connectivity index (χ2v) is 6.49. The third-order valence-corrected chi connectivity index (χ3v) is 4.85. The Balaban J connectivity index is 1.56. The quantitative estimate of drug-likeness (QED) is 0.754. The molecule has 1 N–H and O–H groups in total. The Hall–Kier alpha value is -0.820. The van der Waals surface area contributed by atoms with Gasteiger partial charge in [-0.05, 0) is 49.6 Å². The second kappa shape index (κ2) is 6.56. The van der Waals surface area contributed by atoms with Crippen molar-refractivity contribution in [1.29, 1.82) is 0 Å². The van der Waals surface area contributed by atoms with E-state index in [1.807, 2.05) is 0 Å². The van der Waals surface area contributed by atoms with Crippen molar-refractivity contribution in [2.75, 3.05) is 6.54 Å². The Bertz CT molecular complexity index is 361. The molecule has 0 amide bonds. The van der Waals surface area contributed by atoms with Gasteiger partial charge in [0.1, 0.15) is 0 Å². The highest BCUT2D eigenvalue weighted by Gasteiger charge is 2.32. The summed E-state index contributed by atoms with van der Waals surface area (Å²) in [5.74, 6) is 1.82. The molecule has 0 saturated heterocycles. The van der Waals surface area contributed by atoms with Gasteiger partial charge in [-0.1, -0.05) is 56.0 Å². The van der Waals surface area contributed by atoms with E-state index in [1.165, 1.54) is 63.5 Å². The summed E-state index contributed by atoms with van der Waals surface area (Å²) >= 11 is 0. The van der Waals surface area contributed by atoms with Crippen LogP contribution in [-0.4, -0.2) is 6.54 Å². The zero-order chi connectivity index (χ0) is 12.9. The average molecular weight is 257 g/mol. The molecule has 1 aromatic rings. The molecule has 2 aliphatic rings. The average Bonchev–Trinajstić information content (AvgIpc) is 3.27. The Labute approximate surface area is 117 Å². The number of benzene rings is 1. The van der Waals surface area contributed by atoms with Crippen molar-refractivity contribution in [1.82, 2.24) is 5.32 Å². The normalized spacial score (nSPS) is 22.9. The first-order valence-electron chi connectivity index (χ1n) is 8.22. The largest absolute Gasteiger partial charge is 0.309 e. The first kappa shape index (κ1) is 13.2. The van der Waals surface area contributed by atoms with Crippen LogP contribution in [0.3, 0.4) is 0 Å². The lowest BCUT2D eigenvalue weighted by Crippen LogP contribution is -2.28. The standard InChI is InChI=1S/C18H27N/c1-2-5-9-15(8-4-1)14-19-18(17-12-13-17)16-10-6-3-7-11-16/h3,6-7,10-11,15,17-19H,1-2,4-5,8-9,12-14H2. The van der Waals surface area contributed by atoms with Gasteiger partial charge >= 0.3 is 0 Å². The molecule has 0 bridgehead atoms. The van der Waals surface area contributed by atoms with Crippen LogP contribution in [0.5, 0.6) is 0 Å². The van der Waals surface area contributed by atoms with Crippen LogP contribution in [-0.2, 0) is 0 Å². The lowest BCUT2D eigenvalue weighted by molar-refractivity contribution is 0.377. The monoisotopic (exact) mass is 257 g/mol. The molecule has 2 fully saturated rings. The van der Waals surface area contributed by atoms with Crippen LogP contribution in [0.1, 0.15) is 63.0 Å². The molecule has 0 aromatic heterocycles. The topological polar surface area (TPSA) is 12.0 Å². The smallest absolute Gasteiger partial charge is 0.0348 e. The van der Waals surface area contributed by atoms with Gasteiger partial charge in [0.25, 0.3) is 0 Å². The molecule has 1 heteroatoms. The zero-order valence-corrected chi connectivity index (χ0v) is 12.0. The molecule has 104 valence electrons. The molecule has 1 aromatic carbocycles. The maximum absolute atomic E-state index is 3.90. The summed E-state index contributed by atoms with van der Waals surface area (Å²) in [6.07, 6.45) is 11.5. The number of hydrogen-bond donors (Lipinski definition) is 1. The molecule has 0 heterocycles. The van der Waals surface area contributed by atoms with E-state index in [4.69, 9.17) is 0 Å². The minimum atomic E-state index is 0.615. The van der Waals surface area contributed by atoms with Crippen LogP contribution in [0.25, 0.3) is 0 Å². The number of rotatable bonds is 5. The first-order valence-corrected chi connectivity index (χ1v) is 8.22. The molecule has 1 nitrogen and oxygen atoms in total. The van der Waals surface area contributed by atoms with Gasteiger partial charge in [-0.15, -0.1) is 0 Å². The second-order valence-electron chi connectivity index (χ2n) is 6.49. The van der Waals surface area contributed by atoms with Gasteiger partial charge in [0.05, 0.1) is 0 Å². The van der Waals surface area contributed by atoms with Crippen molar-refractivity contribution in [3.63, 3.8) is 0 Å². The minimum Gasteiger partial charge on any atom is -0.309 e. The fourth-order valence-electron chi connectivity index (χ4n) is 3.51. The summed E-state index contributed by atoms with van der Waals surface area (Å²) in [6, 6.07) is 11.7. The van der Waals surface area contributed by atoms with E-state index >= 15 is 0 Å². The summed E-state index contributed by atoms with van der Waals surface area (Å²) in [4.78, 5) is 0. The van der Waals surface area contributed by atoms with E-state index in [0.29, 0.717) is 6.04 Å². The molecule has 1 unspecified atom stereocenters. The Morgan fingerprint density at radius 3 is 2.21 bits per heavy atom. The van der Waals surface area contributed by atoms with E-state index in [2.05, 4.69) is 35.6 Å². The van der Waals surface area contributed by atoms with Crippen molar-refractivity contribution in [2.24, 2.45) is 11.8 Å². The highest BCUT2D eigenvalue weighted by atomic mass is 14.9. The molecule has 0 radical (unpaired) electrons. The van der Waals surface area contributed by atoms with Crippen molar-refractivity contribution < 1.29 is 0 Å². The first-order chi connectivity index (χ1) is 9.43. The molecule has 19 heavy (non-hydrogen) atoms. The van der Waals surface area contributed by atoms with Gasteiger partial charge in [-0.3, -0.25) is 0 Å². The van der Waals surface area contributed by atoms with Crippen molar-refractivity contribution in [2.45, 2.75) is 57.4 Å². The molecule has 1 atom stereocenters. The summed E-state index contributed by atoms with van der Waals surface area (Å²) < 4.78 is 0. The highest BCUT2D eigenvalue weighted by Crippen LogP contribution is 2.41. The number of hydrogen-bond acceptors (Lipinski definition) is 1. The van der Waals surface area contributed by atoms with Gasteiger partial charge in [0.2, 0.25) is 0 Å². The molecule has 2 aliphatic carbocycles. The lowest BCUT2D eigenvalue weighted by atomic mass is 9.97. The highest BCUT2D eigenvalue weighted by molar-refractivity contribution is 5.21. The van der Waals surface area contributed by atoms with Crippen molar-refractivity contribution in [3.05, 3.63) is 35.9 Å². The molecule has 3 rings (SSSR count). The summed E-state index contributed by atoms with van der Waals surface area (Å²) in [7, 11) is 0. The van der Waals surface area contributed by atoms with Gasteiger partial charge in [0, 0.05) is 6.04 Å². The van der Waals surface area contributed by atoms with Crippen LogP contribution in [0, 0.1) is 11.8 Å². The van der Waals surface area contributed by atoms with Crippen LogP contribution < -0.4 is 5.32 Å². The van der Waals surface area contributed by atoms with E-state index < -0.39 is 0 Å². The predicted molar refractivity (Wildman–Crippen MR) is 81.1 cm³/mol. The zero-order valence-electron chi connectivity index (χ0n) is 12.0. The Morgan fingerprint density at radius 2 is 1.58 bits per heavy atom. The van der Waals surface area contributed by atoms with Gasteiger partial charge in [-0.25, -0.2) is 0 Å². The summed E-state index contributed by atoms with van der Waals surface area (Å²) in [6.45, 7) is 1.23. The van der Waals surface area contributed by atoms with E-state index in [9.17, 15) is 0 Å². The summed E-state index contributed by atoms with van der Waals surface area (Å²) in [5, 5.41) is 3.90. The van der Waals surface area contributed by atoms with E-state index in [-0.39, 0.29) is 0 Å². The third-order valence-electron chi connectivity index (χ3n) is 4.85. The SMILES string of the molecule is c1ccc(C(NCC2CCCCCC2)C2CC2)cc1. The van der Waals surface area contributed by atoms with Gasteiger partial charge in [-0.2, -0.15) is 0 Å². The fraction of sp³-hybridized carbons (Fsp3) is 0.667. The molecule has 0 aliphatic heterocycles. The van der Waals surface area contributed by atoms with Crippen LogP contribution in [0.4, 0.5) is 0 Å². The van der Waals surface area contributed by atoms with Gasteiger partial charge in [0.15, 0.2) is 0 Å². The van der Waals surface area contributed by atoms with Crippen LogP contribution in [0.15, 0.2) is 30.3 Å². The minimum absolute atomic E-state index is 0.615. The molecular formula is C18H27N. The van der Waals surface area contributed by atoms with Crippen molar-refractivity contribution in [3.8, 4) is 0 Å². The van der Waals surface area contributed by atoms with Crippen LogP contribution >= 0.6 is 0 Å². The van der Waals surface area contributed by atoms with Crippen LogP contribution in [0.2, 0.25) is 0 Å². The predicted octanol–water partition coefficient (Wildman–Crippen LogP) is 4.70. The maximum Gasteiger partial charge on any atom is 0.0348 e. The maximum atomic E-state index is 3.90. The van der Waals surface area contributed by atoms with E-state index in [1.54, 1.807) is 0 Å². The molecular weight excluding hydrogens is 230 g/mol. The van der Waals surface area contributed by atoms with Crippen molar-refractivity contribution >= 4 is 0 Å². The Morgan fingerprint density at radius 1 is 0.895 bits per heavy atom. The number of nitrogens with one attached hydrogen (secondary N) is 1. The van der Waals surface area contributed by atoms with E-state index in [0.717, 1.165) is 11.8 Å². The molecule has 0 spiro atoms. The molecule has 2 saturated carbocycles.